The number of allylic oxidation sites excluding steroid dienone is 1. The van der Waals surface area contributed by atoms with E-state index in [1.54, 1.807) is 6.08 Å². The standard InChI is InChI=1S/C21H24N5OP/c1-14-12-25(8-7-22-14)17-4-6-21-26(13-17)20(27)10-19(28-21)15-3-5-18-16(9-15)11-23-24(18)2/h3-6,9-11,13-14,21-22,28H,7-8,12H2,1-2H3/t14-,21?/m0/s1. The molecule has 1 aromatic heterocycles. The number of amides is 1. The minimum Gasteiger partial charge on any atom is -0.368 e. The molecule has 6 nitrogen and oxygen atoms in total. The number of nitrogens with zero attached hydrogens (tertiary/aromatic N) is 4. The second-order valence-electron chi connectivity index (χ2n) is 7.65. The number of carbonyl (C=O) groups excluding carboxylic acids is 1. The fourth-order valence-electron chi connectivity index (χ4n) is 4.12. The normalized spacial score (nSPS) is 25.9. The number of hydrogen-bond donors (Lipinski definition) is 1. The van der Waals surface area contributed by atoms with Crippen molar-refractivity contribution in [3.05, 3.63) is 60.1 Å². The zero-order valence-corrected chi connectivity index (χ0v) is 17.1. The van der Waals surface area contributed by atoms with Gasteiger partial charge in [-0.1, -0.05) is 20.7 Å². The SMILES string of the molecule is C[C@H]1CN(C2=CN3C(=O)C=C(c4ccc5c(cnn5C)c4)PC3C=C2)CCN1. The predicted molar refractivity (Wildman–Crippen MR) is 114 cm³/mol. The summed E-state index contributed by atoms with van der Waals surface area (Å²) in [6.45, 7) is 5.12. The molecule has 144 valence electrons. The lowest BCUT2D eigenvalue weighted by Crippen LogP contribution is -2.49. The molecule has 0 spiro atoms. The van der Waals surface area contributed by atoms with Gasteiger partial charge in [0, 0.05) is 50.4 Å². The van der Waals surface area contributed by atoms with Crippen molar-refractivity contribution in [2.45, 2.75) is 18.7 Å². The average molecular weight is 393 g/mol. The van der Waals surface area contributed by atoms with E-state index in [0.717, 1.165) is 47.1 Å². The number of piperazine rings is 1. The zero-order valence-electron chi connectivity index (χ0n) is 16.1. The van der Waals surface area contributed by atoms with Crippen LogP contribution in [0.5, 0.6) is 0 Å². The van der Waals surface area contributed by atoms with Crippen molar-refractivity contribution in [1.82, 2.24) is 24.9 Å². The summed E-state index contributed by atoms with van der Waals surface area (Å²) in [5.41, 5.74) is 3.36. The minimum atomic E-state index is 0.0649. The number of aryl methyl sites for hydroxylation is 1. The average Bonchev–Trinajstić information content (AvgIpc) is 3.08. The topological polar surface area (TPSA) is 53.4 Å². The summed E-state index contributed by atoms with van der Waals surface area (Å²) in [4.78, 5) is 17.2. The highest BCUT2D eigenvalue weighted by molar-refractivity contribution is 7.51. The molecule has 1 aromatic carbocycles. The minimum absolute atomic E-state index is 0.0649. The van der Waals surface area contributed by atoms with Crippen LogP contribution >= 0.6 is 8.58 Å². The largest absolute Gasteiger partial charge is 0.368 e. The first kappa shape index (κ1) is 17.7. The van der Waals surface area contributed by atoms with Crippen LogP contribution in [0.25, 0.3) is 16.2 Å². The molecule has 2 unspecified atom stereocenters. The molecular formula is C21H24N5OP. The van der Waals surface area contributed by atoms with Gasteiger partial charge in [-0.3, -0.25) is 9.48 Å². The van der Waals surface area contributed by atoms with Crippen LogP contribution in [0.3, 0.4) is 0 Å². The lowest BCUT2D eigenvalue weighted by atomic mass is 10.1. The van der Waals surface area contributed by atoms with E-state index in [-0.39, 0.29) is 11.7 Å². The number of benzene rings is 1. The molecule has 5 rings (SSSR count). The molecule has 2 aromatic rings. The predicted octanol–water partition coefficient (Wildman–Crippen LogP) is 2.47. The fraction of sp³-hybridized carbons (Fsp3) is 0.333. The van der Waals surface area contributed by atoms with Gasteiger partial charge in [-0.25, -0.2) is 0 Å². The Kier molecular flexibility index (Phi) is 4.33. The number of carbonyl (C=O) groups is 1. The van der Waals surface area contributed by atoms with Gasteiger partial charge in [-0.15, -0.1) is 0 Å². The summed E-state index contributed by atoms with van der Waals surface area (Å²) in [7, 11) is 2.48. The van der Waals surface area contributed by atoms with Crippen molar-refractivity contribution in [1.29, 1.82) is 0 Å². The molecule has 3 aliphatic rings. The molecule has 3 atom stereocenters. The maximum Gasteiger partial charge on any atom is 0.252 e. The summed E-state index contributed by atoms with van der Waals surface area (Å²) >= 11 is 0. The van der Waals surface area contributed by atoms with Gasteiger partial charge in [-0.2, -0.15) is 5.10 Å². The van der Waals surface area contributed by atoms with Crippen LogP contribution in [-0.4, -0.2) is 56.9 Å². The molecule has 1 saturated heterocycles. The first-order valence-corrected chi connectivity index (χ1v) is 10.8. The van der Waals surface area contributed by atoms with Gasteiger partial charge in [0.2, 0.25) is 0 Å². The van der Waals surface area contributed by atoms with Gasteiger partial charge in [0.05, 0.1) is 23.2 Å². The Hall–Kier alpha value is -2.43. The molecule has 0 bridgehead atoms. The molecule has 4 heterocycles. The second-order valence-corrected chi connectivity index (χ2v) is 9.07. The Morgan fingerprint density at radius 1 is 1.32 bits per heavy atom. The van der Waals surface area contributed by atoms with Gasteiger partial charge in [0.25, 0.3) is 5.91 Å². The Bertz CT molecular complexity index is 1040. The molecule has 0 saturated carbocycles. The van der Waals surface area contributed by atoms with Crippen molar-refractivity contribution in [2.24, 2.45) is 7.05 Å². The molecular weight excluding hydrogens is 369 g/mol. The lowest BCUT2D eigenvalue weighted by molar-refractivity contribution is -0.123. The summed E-state index contributed by atoms with van der Waals surface area (Å²) in [6.07, 6.45) is 10.1. The Balaban J connectivity index is 1.41. The molecule has 28 heavy (non-hydrogen) atoms. The first-order valence-electron chi connectivity index (χ1n) is 9.69. The van der Waals surface area contributed by atoms with Crippen molar-refractivity contribution in [3.8, 4) is 0 Å². The molecule has 1 fully saturated rings. The maximum atomic E-state index is 12.9. The monoisotopic (exact) mass is 393 g/mol. The van der Waals surface area contributed by atoms with Crippen molar-refractivity contribution >= 4 is 30.7 Å². The molecule has 7 heteroatoms. The van der Waals surface area contributed by atoms with Gasteiger partial charge in [-0.05, 0) is 36.0 Å². The third kappa shape index (κ3) is 3.07. The summed E-state index contributed by atoms with van der Waals surface area (Å²) in [6, 6.07) is 6.79. The van der Waals surface area contributed by atoms with E-state index in [4.69, 9.17) is 0 Å². The molecule has 1 amide bonds. The summed E-state index contributed by atoms with van der Waals surface area (Å²) < 4.78 is 1.87. The number of rotatable bonds is 2. The highest BCUT2D eigenvalue weighted by atomic mass is 31.1. The maximum absolute atomic E-state index is 12.9. The van der Waals surface area contributed by atoms with Crippen LogP contribution in [-0.2, 0) is 11.8 Å². The van der Waals surface area contributed by atoms with E-state index < -0.39 is 0 Å². The number of fused-ring (bicyclic) bond motifs is 2. The Morgan fingerprint density at radius 3 is 3.07 bits per heavy atom. The van der Waals surface area contributed by atoms with E-state index in [2.05, 4.69) is 52.6 Å². The number of nitrogens with one attached hydrogen (secondary N) is 1. The molecule has 0 aliphatic carbocycles. The van der Waals surface area contributed by atoms with E-state index in [9.17, 15) is 4.79 Å². The Labute approximate surface area is 166 Å². The third-order valence-corrected chi connectivity index (χ3v) is 7.15. The fourth-order valence-corrected chi connectivity index (χ4v) is 5.50. The van der Waals surface area contributed by atoms with E-state index in [1.165, 1.54) is 0 Å². The van der Waals surface area contributed by atoms with Crippen LogP contribution in [0.1, 0.15) is 12.5 Å². The quantitative estimate of drug-likeness (QED) is 0.797. The van der Waals surface area contributed by atoms with Crippen LogP contribution in [0.4, 0.5) is 0 Å². The van der Waals surface area contributed by atoms with Crippen LogP contribution in [0.15, 0.2) is 54.5 Å². The van der Waals surface area contributed by atoms with Crippen molar-refractivity contribution in [2.75, 3.05) is 19.6 Å². The van der Waals surface area contributed by atoms with E-state index in [0.29, 0.717) is 14.6 Å². The van der Waals surface area contributed by atoms with Crippen molar-refractivity contribution < 1.29 is 4.79 Å². The van der Waals surface area contributed by atoms with E-state index >= 15 is 0 Å². The first-order chi connectivity index (χ1) is 13.6. The number of hydrogen-bond acceptors (Lipinski definition) is 4. The molecule has 3 aliphatic heterocycles. The van der Waals surface area contributed by atoms with Gasteiger partial charge >= 0.3 is 0 Å². The van der Waals surface area contributed by atoms with Gasteiger partial charge in [0.1, 0.15) is 0 Å². The number of aromatic nitrogens is 2. The molecule has 1 N–H and O–H groups in total. The lowest BCUT2D eigenvalue weighted by Gasteiger charge is -2.39. The Morgan fingerprint density at radius 2 is 2.21 bits per heavy atom. The third-order valence-electron chi connectivity index (χ3n) is 5.64. The van der Waals surface area contributed by atoms with Crippen LogP contribution in [0.2, 0.25) is 0 Å². The van der Waals surface area contributed by atoms with Gasteiger partial charge in [0.15, 0.2) is 0 Å². The second kappa shape index (κ2) is 6.87. The van der Waals surface area contributed by atoms with E-state index in [1.807, 2.05) is 29.0 Å². The summed E-state index contributed by atoms with van der Waals surface area (Å²) in [5, 5.41) is 10.0. The highest BCUT2D eigenvalue weighted by Crippen LogP contribution is 2.45. The zero-order chi connectivity index (χ0) is 19.3. The van der Waals surface area contributed by atoms with Crippen LogP contribution in [0, 0.1) is 0 Å². The van der Waals surface area contributed by atoms with Gasteiger partial charge < -0.3 is 15.1 Å². The highest BCUT2D eigenvalue weighted by Gasteiger charge is 2.30. The molecule has 0 radical (unpaired) electrons. The summed E-state index contributed by atoms with van der Waals surface area (Å²) in [5.74, 6) is 0.177. The van der Waals surface area contributed by atoms with Crippen molar-refractivity contribution in [3.63, 3.8) is 0 Å². The van der Waals surface area contributed by atoms with Crippen LogP contribution < -0.4 is 5.32 Å². The smallest absolute Gasteiger partial charge is 0.252 e.